The average Bonchev–Trinajstić information content (AvgIpc) is 2.53. The number of hydrogen-bond acceptors (Lipinski definition) is 5. The molecule has 0 aliphatic carbocycles. The van der Waals surface area contributed by atoms with Crippen LogP contribution in [0.3, 0.4) is 0 Å². The highest BCUT2D eigenvalue weighted by molar-refractivity contribution is 7.99. The molecule has 0 spiro atoms. The molecular formula is C8H7N5OS. The summed E-state index contributed by atoms with van der Waals surface area (Å²) in [5.74, 6) is 0.295. The fraction of sp³-hybridized carbons (Fsp3) is 0.250. The molecule has 0 amide bonds. The average molecular weight is 221 g/mol. The molecule has 2 heterocycles. The van der Waals surface area contributed by atoms with Crippen molar-refractivity contribution in [2.24, 2.45) is 7.05 Å². The molecule has 76 valence electrons. The van der Waals surface area contributed by atoms with E-state index < -0.39 is 0 Å². The lowest BCUT2D eigenvalue weighted by Crippen LogP contribution is -2.11. The summed E-state index contributed by atoms with van der Waals surface area (Å²) in [5.41, 5.74) is 0.754. The van der Waals surface area contributed by atoms with Crippen molar-refractivity contribution in [1.29, 1.82) is 5.26 Å². The Balaban J connectivity index is 2.62. The molecule has 1 N–H and O–H groups in total. The number of hydrogen-bond donors (Lipinski definition) is 1. The first-order valence-corrected chi connectivity index (χ1v) is 5.12. The fourth-order valence-electron chi connectivity index (χ4n) is 1.22. The molecule has 2 aromatic heterocycles. The highest BCUT2D eigenvalue weighted by Crippen LogP contribution is 2.20. The number of aromatic nitrogens is 4. The van der Waals surface area contributed by atoms with Gasteiger partial charge in [0.05, 0.1) is 11.8 Å². The molecule has 0 aliphatic heterocycles. The van der Waals surface area contributed by atoms with Crippen LogP contribution in [-0.4, -0.2) is 25.5 Å². The van der Waals surface area contributed by atoms with Crippen LogP contribution in [0.15, 0.2) is 16.1 Å². The van der Waals surface area contributed by atoms with Gasteiger partial charge in [0.1, 0.15) is 16.9 Å². The summed E-state index contributed by atoms with van der Waals surface area (Å²) < 4.78 is 1.34. The van der Waals surface area contributed by atoms with Crippen molar-refractivity contribution in [1.82, 2.24) is 19.7 Å². The first kappa shape index (κ1) is 9.73. The van der Waals surface area contributed by atoms with Crippen LogP contribution >= 0.6 is 11.8 Å². The Labute approximate surface area is 88.9 Å². The zero-order valence-electron chi connectivity index (χ0n) is 7.89. The molecule has 0 aromatic carbocycles. The van der Waals surface area contributed by atoms with Gasteiger partial charge in [-0.1, -0.05) is 11.8 Å². The van der Waals surface area contributed by atoms with Crippen molar-refractivity contribution in [2.45, 2.75) is 5.03 Å². The number of aromatic amines is 1. The second-order valence-corrected chi connectivity index (χ2v) is 3.79. The van der Waals surface area contributed by atoms with E-state index in [2.05, 4.69) is 15.1 Å². The molecule has 7 heteroatoms. The second-order valence-electron chi connectivity index (χ2n) is 2.83. The maximum absolute atomic E-state index is 11.5. The van der Waals surface area contributed by atoms with E-state index in [1.165, 1.54) is 22.8 Å². The third-order valence-corrected chi connectivity index (χ3v) is 2.73. The minimum absolute atomic E-state index is 0.189. The third kappa shape index (κ3) is 1.59. The lowest BCUT2D eigenvalue weighted by atomic mass is 10.5. The van der Waals surface area contributed by atoms with Crippen LogP contribution in [0.2, 0.25) is 0 Å². The third-order valence-electron chi connectivity index (χ3n) is 1.87. The first-order valence-electron chi connectivity index (χ1n) is 4.13. The van der Waals surface area contributed by atoms with Gasteiger partial charge in [-0.2, -0.15) is 5.26 Å². The summed E-state index contributed by atoms with van der Waals surface area (Å²) in [6.07, 6.45) is 1.33. The van der Waals surface area contributed by atoms with E-state index in [0.717, 1.165) is 0 Å². The fourth-order valence-corrected chi connectivity index (χ4v) is 1.83. The van der Waals surface area contributed by atoms with Crippen LogP contribution in [0.4, 0.5) is 0 Å². The number of nitrogens with one attached hydrogen (secondary N) is 1. The zero-order chi connectivity index (χ0) is 10.8. The molecule has 2 rings (SSSR count). The van der Waals surface area contributed by atoms with Gasteiger partial charge in [0.15, 0.2) is 5.52 Å². The summed E-state index contributed by atoms with van der Waals surface area (Å²) in [7, 11) is 1.61. The molecule has 0 unspecified atom stereocenters. The minimum atomic E-state index is -0.189. The molecule has 0 aliphatic rings. The molecule has 6 nitrogen and oxygen atoms in total. The lowest BCUT2D eigenvalue weighted by molar-refractivity contribution is 0.748. The summed E-state index contributed by atoms with van der Waals surface area (Å²) in [6, 6.07) is 2.01. The van der Waals surface area contributed by atoms with Crippen molar-refractivity contribution >= 4 is 22.8 Å². The van der Waals surface area contributed by atoms with E-state index >= 15 is 0 Å². The lowest BCUT2D eigenvalue weighted by Gasteiger charge is -1.95. The van der Waals surface area contributed by atoms with Crippen LogP contribution < -0.4 is 5.56 Å². The van der Waals surface area contributed by atoms with Crippen LogP contribution in [0.1, 0.15) is 0 Å². The van der Waals surface area contributed by atoms with Gasteiger partial charge in [-0.3, -0.25) is 14.6 Å². The Morgan fingerprint density at radius 3 is 3.20 bits per heavy atom. The van der Waals surface area contributed by atoms with Gasteiger partial charge in [-0.25, -0.2) is 9.97 Å². The van der Waals surface area contributed by atoms with Crippen LogP contribution in [0, 0.1) is 11.3 Å². The Morgan fingerprint density at radius 1 is 1.67 bits per heavy atom. The normalized spacial score (nSPS) is 10.4. The van der Waals surface area contributed by atoms with E-state index in [9.17, 15) is 4.79 Å². The highest BCUT2D eigenvalue weighted by Gasteiger charge is 2.10. The van der Waals surface area contributed by atoms with Crippen molar-refractivity contribution in [3.05, 3.63) is 16.7 Å². The molecule has 0 atom stereocenters. The van der Waals surface area contributed by atoms with Crippen molar-refractivity contribution in [3.63, 3.8) is 0 Å². The summed E-state index contributed by atoms with van der Waals surface area (Å²) in [5, 5.41) is 11.9. The van der Waals surface area contributed by atoms with E-state index in [0.29, 0.717) is 21.8 Å². The molecule has 0 fully saturated rings. The molecule has 0 saturated carbocycles. The maximum atomic E-state index is 11.5. The molecule has 0 bridgehead atoms. The molecule has 15 heavy (non-hydrogen) atoms. The zero-order valence-corrected chi connectivity index (χ0v) is 8.71. The van der Waals surface area contributed by atoms with Crippen LogP contribution in [-0.2, 0) is 7.05 Å². The quantitative estimate of drug-likeness (QED) is 0.581. The van der Waals surface area contributed by atoms with Gasteiger partial charge >= 0.3 is 0 Å². The van der Waals surface area contributed by atoms with E-state index in [1.54, 1.807) is 7.05 Å². The smallest absolute Gasteiger partial charge is 0.291 e. The number of nitrogens with zero attached hydrogens (tertiary/aromatic N) is 4. The number of aryl methyl sites for hydroxylation is 1. The van der Waals surface area contributed by atoms with Gasteiger partial charge in [-0.05, 0) is 0 Å². The Kier molecular flexibility index (Phi) is 2.43. The molecule has 2 aromatic rings. The van der Waals surface area contributed by atoms with Crippen LogP contribution in [0.5, 0.6) is 0 Å². The standard InChI is InChI=1S/C8H7N5OS/c1-13-8(14)6-5(12-13)7(11-4-10-6)15-3-2-9/h4,12H,3H2,1H3. The van der Waals surface area contributed by atoms with Gasteiger partial charge in [0.2, 0.25) is 0 Å². The maximum Gasteiger partial charge on any atom is 0.292 e. The summed E-state index contributed by atoms with van der Waals surface area (Å²) in [6.45, 7) is 0. The highest BCUT2D eigenvalue weighted by atomic mass is 32.2. The Morgan fingerprint density at radius 2 is 2.47 bits per heavy atom. The van der Waals surface area contributed by atoms with Gasteiger partial charge in [-0.15, -0.1) is 0 Å². The number of H-pyrrole nitrogens is 1. The van der Waals surface area contributed by atoms with Crippen molar-refractivity contribution in [3.8, 4) is 6.07 Å². The van der Waals surface area contributed by atoms with E-state index in [-0.39, 0.29) is 5.56 Å². The Bertz CT molecular complexity index is 593. The second kappa shape index (κ2) is 3.74. The monoisotopic (exact) mass is 221 g/mol. The first-order chi connectivity index (χ1) is 7.24. The summed E-state index contributed by atoms with van der Waals surface area (Å²) in [4.78, 5) is 19.4. The predicted octanol–water partition coefficient (Wildman–Crippen LogP) is 0.272. The number of nitriles is 1. The van der Waals surface area contributed by atoms with Crippen molar-refractivity contribution in [2.75, 3.05) is 5.75 Å². The van der Waals surface area contributed by atoms with E-state index in [1.807, 2.05) is 6.07 Å². The molecular weight excluding hydrogens is 214 g/mol. The largest absolute Gasteiger partial charge is 0.292 e. The summed E-state index contributed by atoms with van der Waals surface area (Å²) >= 11 is 1.28. The SMILES string of the molecule is Cn1[nH]c2c(SCC#N)ncnc2c1=O. The number of thioether (sulfide) groups is 1. The minimum Gasteiger partial charge on any atom is -0.291 e. The molecule has 0 radical (unpaired) electrons. The van der Waals surface area contributed by atoms with Gasteiger partial charge in [0, 0.05) is 7.05 Å². The number of fused-ring (bicyclic) bond motifs is 1. The Hall–Kier alpha value is -1.81. The molecule has 0 saturated heterocycles. The van der Waals surface area contributed by atoms with Crippen molar-refractivity contribution < 1.29 is 0 Å². The van der Waals surface area contributed by atoms with Crippen LogP contribution in [0.25, 0.3) is 11.0 Å². The van der Waals surface area contributed by atoms with E-state index in [4.69, 9.17) is 5.26 Å². The van der Waals surface area contributed by atoms with Gasteiger partial charge in [0.25, 0.3) is 5.56 Å². The van der Waals surface area contributed by atoms with Gasteiger partial charge < -0.3 is 0 Å². The predicted molar refractivity (Wildman–Crippen MR) is 55.5 cm³/mol. The topological polar surface area (TPSA) is 87.4 Å². The number of rotatable bonds is 2.